The number of aryl methyl sites for hydroxylation is 1. The molecule has 2 aliphatic rings. The summed E-state index contributed by atoms with van der Waals surface area (Å²) in [6.07, 6.45) is 0. The third-order valence-corrected chi connectivity index (χ3v) is 9.84. The molecule has 0 bridgehead atoms. The van der Waals surface area contributed by atoms with Crippen molar-refractivity contribution in [1.82, 2.24) is 4.98 Å². The van der Waals surface area contributed by atoms with E-state index in [4.69, 9.17) is 16.3 Å². The Morgan fingerprint density at radius 2 is 1.82 bits per heavy atom. The number of benzene rings is 3. The third-order valence-electron chi connectivity index (χ3n) is 6.69. The Hall–Kier alpha value is -2.85. The Balaban J connectivity index is 1.45. The molecule has 4 aromatic rings. The number of halogens is 2. The van der Waals surface area contributed by atoms with Gasteiger partial charge in [-0.3, -0.25) is 14.4 Å². The minimum absolute atomic E-state index is 0.223. The van der Waals surface area contributed by atoms with E-state index in [1.54, 1.807) is 24.3 Å². The van der Waals surface area contributed by atoms with Crippen molar-refractivity contribution < 1.29 is 14.3 Å². The number of hydrogen-bond acceptors (Lipinski definition) is 6. The van der Waals surface area contributed by atoms with E-state index >= 15 is 0 Å². The fraction of sp³-hybridized carbons (Fsp3) is 0.179. The van der Waals surface area contributed by atoms with Gasteiger partial charge >= 0.3 is 4.87 Å². The molecule has 1 fully saturated rings. The minimum atomic E-state index is -0.710. The van der Waals surface area contributed by atoms with Crippen LogP contribution in [0.3, 0.4) is 0 Å². The van der Waals surface area contributed by atoms with Crippen molar-refractivity contribution in [1.29, 1.82) is 0 Å². The number of H-pyrrole nitrogens is 1. The van der Waals surface area contributed by atoms with Crippen LogP contribution in [0.2, 0.25) is 5.02 Å². The lowest BCUT2D eigenvalue weighted by atomic mass is 9.82. The molecule has 192 valence electrons. The van der Waals surface area contributed by atoms with Gasteiger partial charge in [0.15, 0.2) is 0 Å². The summed E-state index contributed by atoms with van der Waals surface area (Å²) < 4.78 is 7.11. The van der Waals surface area contributed by atoms with Crippen LogP contribution in [0.5, 0.6) is 5.75 Å². The summed E-state index contributed by atoms with van der Waals surface area (Å²) in [4.78, 5) is 44.7. The number of anilines is 1. The summed E-state index contributed by atoms with van der Waals surface area (Å²) in [5.41, 5.74) is 3.37. The fourth-order valence-corrected chi connectivity index (χ4v) is 8.06. The number of fused-ring (bicyclic) bond motifs is 2. The van der Waals surface area contributed by atoms with Crippen LogP contribution in [0, 0.1) is 12.8 Å². The molecule has 6 rings (SSSR count). The highest BCUT2D eigenvalue weighted by Gasteiger charge is 2.56. The molecule has 0 aliphatic carbocycles. The standard InChI is InChI=1S/C28H20BrClN2O4S2/c1-14-3-2-4-15(11-14)13-36-20-10-5-16(29)12-19(20)21-22-24(37-25-23(21)38-28(35)31-25)27(34)32(26(22)33)18-8-6-17(30)7-9-18/h2-12,21-22,24H,13H2,1H3,(H,31,35). The van der Waals surface area contributed by atoms with E-state index in [-0.39, 0.29) is 16.7 Å². The molecule has 3 unspecified atom stereocenters. The summed E-state index contributed by atoms with van der Waals surface area (Å²) >= 11 is 11.9. The molecule has 38 heavy (non-hydrogen) atoms. The number of ether oxygens (including phenoxy) is 1. The molecule has 6 nitrogen and oxygen atoms in total. The van der Waals surface area contributed by atoms with Crippen molar-refractivity contribution in [2.75, 3.05) is 4.90 Å². The quantitative estimate of drug-likeness (QED) is 0.255. The number of aromatic nitrogens is 1. The van der Waals surface area contributed by atoms with Crippen molar-refractivity contribution in [2.45, 2.75) is 29.7 Å². The van der Waals surface area contributed by atoms with E-state index in [1.807, 2.05) is 43.3 Å². The van der Waals surface area contributed by atoms with Crippen LogP contribution in [0.25, 0.3) is 0 Å². The van der Waals surface area contributed by atoms with Gasteiger partial charge in [0.05, 0.1) is 16.6 Å². The summed E-state index contributed by atoms with van der Waals surface area (Å²) in [6, 6.07) is 20.4. The van der Waals surface area contributed by atoms with Gasteiger partial charge in [0.1, 0.15) is 17.6 Å². The Labute approximate surface area is 240 Å². The molecule has 3 aromatic carbocycles. The molecule has 2 amide bonds. The zero-order chi connectivity index (χ0) is 26.6. The maximum atomic E-state index is 14.0. The average Bonchev–Trinajstić information content (AvgIpc) is 3.38. The highest BCUT2D eigenvalue weighted by molar-refractivity contribution is 9.10. The number of thiazole rings is 1. The van der Waals surface area contributed by atoms with Gasteiger partial charge in [-0.2, -0.15) is 0 Å². The average molecular weight is 628 g/mol. The fourth-order valence-electron chi connectivity index (χ4n) is 5.05. The van der Waals surface area contributed by atoms with Crippen LogP contribution < -0.4 is 14.5 Å². The van der Waals surface area contributed by atoms with E-state index in [2.05, 4.69) is 27.0 Å². The van der Waals surface area contributed by atoms with Crippen molar-refractivity contribution in [3.05, 3.63) is 107 Å². The molecular formula is C28H20BrClN2O4S2. The Morgan fingerprint density at radius 1 is 1.03 bits per heavy atom. The second-order valence-corrected chi connectivity index (χ2v) is 12.7. The van der Waals surface area contributed by atoms with E-state index in [0.29, 0.717) is 28.1 Å². The Kier molecular flexibility index (Phi) is 6.72. The molecule has 0 radical (unpaired) electrons. The van der Waals surface area contributed by atoms with Gasteiger partial charge in [0.25, 0.3) is 0 Å². The van der Waals surface area contributed by atoms with Crippen LogP contribution in [-0.2, 0) is 16.2 Å². The normalized spacial score (nSPS) is 20.4. The lowest BCUT2D eigenvalue weighted by Gasteiger charge is -2.31. The van der Waals surface area contributed by atoms with Crippen molar-refractivity contribution >= 4 is 68.1 Å². The zero-order valence-electron chi connectivity index (χ0n) is 19.9. The van der Waals surface area contributed by atoms with Crippen LogP contribution in [-0.4, -0.2) is 22.0 Å². The number of nitrogens with one attached hydrogen (secondary N) is 1. The first-order valence-electron chi connectivity index (χ1n) is 11.8. The summed E-state index contributed by atoms with van der Waals surface area (Å²) in [6.45, 7) is 2.37. The SMILES string of the molecule is Cc1cccc(COc2ccc(Br)cc2C2c3sc(=O)[nH]c3SC3C(=O)N(c4ccc(Cl)cc4)C(=O)C32)c1. The molecule has 3 heterocycles. The first kappa shape index (κ1) is 25.4. The van der Waals surface area contributed by atoms with Gasteiger partial charge < -0.3 is 9.72 Å². The Bertz CT molecular complexity index is 1630. The minimum Gasteiger partial charge on any atom is -0.489 e. The molecule has 0 saturated carbocycles. The highest BCUT2D eigenvalue weighted by Crippen LogP contribution is 2.54. The smallest absolute Gasteiger partial charge is 0.305 e. The van der Waals surface area contributed by atoms with Gasteiger partial charge in [-0.05, 0) is 55.0 Å². The third kappa shape index (κ3) is 4.51. The van der Waals surface area contributed by atoms with Crippen molar-refractivity contribution in [3.8, 4) is 5.75 Å². The van der Waals surface area contributed by atoms with Crippen LogP contribution in [0.1, 0.15) is 27.5 Å². The number of hydrogen-bond donors (Lipinski definition) is 1. The van der Waals surface area contributed by atoms with Crippen LogP contribution in [0.4, 0.5) is 5.69 Å². The zero-order valence-corrected chi connectivity index (χ0v) is 23.9. The molecule has 3 atom stereocenters. The summed E-state index contributed by atoms with van der Waals surface area (Å²) in [5.74, 6) is -1.28. The monoisotopic (exact) mass is 626 g/mol. The first-order chi connectivity index (χ1) is 18.3. The number of rotatable bonds is 5. The predicted molar refractivity (Wildman–Crippen MR) is 154 cm³/mol. The predicted octanol–water partition coefficient (Wildman–Crippen LogP) is 6.54. The molecule has 0 spiro atoms. The maximum Gasteiger partial charge on any atom is 0.305 e. The highest BCUT2D eigenvalue weighted by atomic mass is 79.9. The van der Waals surface area contributed by atoms with E-state index < -0.39 is 17.1 Å². The largest absolute Gasteiger partial charge is 0.489 e. The second-order valence-electron chi connectivity index (χ2n) is 9.20. The number of carbonyl (C=O) groups excluding carboxylic acids is 2. The van der Waals surface area contributed by atoms with Gasteiger partial charge in [0.2, 0.25) is 11.8 Å². The number of carbonyl (C=O) groups is 2. The van der Waals surface area contributed by atoms with E-state index in [1.165, 1.54) is 16.7 Å². The first-order valence-corrected chi connectivity index (χ1v) is 14.7. The number of thioether (sulfide) groups is 1. The van der Waals surface area contributed by atoms with E-state index in [9.17, 15) is 14.4 Å². The maximum absolute atomic E-state index is 14.0. The molecular weight excluding hydrogens is 608 g/mol. The summed E-state index contributed by atoms with van der Waals surface area (Å²) in [7, 11) is 0. The second kappa shape index (κ2) is 10.0. The Morgan fingerprint density at radius 3 is 2.58 bits per heavy atom. The van der Waals surface area contributed by atoms with Gasteiger partial charge in [-0.1, -0.05) is 80.5 Å². The van der Waals surface area contributed by atoms with Gasteiger partial charge in [-0.15, -0.1) is 0 Å². The van der Waals surface area contributed by atoms with E-state index in [0.717, 1.165) is 37.4 Å². The lowest BCUT2D eigenvalue weighted by molar-refractivity contribution is -0.122. The van der Waals surface area contributed by atoms with Crippen molar-refractivity contribution in [3.63, 3.8) is 0 Å². The van der Waals surface area contributed by atoms with Crippen LogP contribution >= 0.6 is 50.6 Å². The molecule has 10 heteroatoms. The molecule has 2 aliphatic heterocycles. The van der Waals surface area contributed by atoms with Crippen LogP contribution in [0.15, 0.2) is 81.0 Å². The number of amides is 2. The molecule has 1 N–H and O–H groups in total. The lowest BCUT2D eigenvalue weighted by Crippen LogP contribution is -2.32. The molecule has 1 aromatic heterocycles. The van der Waals surface area contributed by atoms with Gasteiger partial charge in [0, 0.05) is 25.9 Å². The molecule has 1 saturated heterocycles. The van der Waals surface area contributed by atoms with Crippen molar-refractivity contribution in [2.24, 2.45) is 5.92 Å². The number of nitrogens with zero attached hydrogens (tertiary/aromatic N) is 1. The number of imide groups is 1. The number of aromatic amines is 1. The topological polar surface area (TPSA) is 79.5 Å². The van der Waals surface area contributed by atoms with Gasteiger partial charge in [-0.25, -0.2) is 4.90 Å². The summed E-state index contributed by atoms with van der Waals surface area (Å²) in [5, 5.41) is 0.446.